The van der Waals surface area contributed by atoms with Crippen LogP contribution in [0.5, 0.6) is 0 Å². The van der Waals surface area contributed by atoms with E-state index in [1.807, 2.05) is 18.3 Å². The number of hydrogen-bond donors (Lipinski definition) is 0. The van der Waals surface area contributed by atoms with Crippen molar-refractivity contribution in [1.82, 2.24) is 19.7 Å². The number of ether oxygens (including phenoxy) is 3. The molecular weight excluding hydrogens is 360 g/mol. The molecule has 2 aromatic heterocycles. The lowest BCUT2D eigenvalue weighted by molar-refractivity contribution is -0.0881. The number of methoxy groups -OCH3 is 1. The summed E-state index contributed by atoms with van der Waals surface area (Å²) in [6, 6.07) is 6.03. The van der Waals surface area contributed by atoms with Gasteiger partial charge in [-0.2, -0.15) is 0 Å². The van der Waals surface area contributed by atoms with Gasteiger partial charge in [0.05, 0.1) is 39.1 Å². The highest BCUT2D eigenvalue weighted by Gasteiger charge is 2.25. The minimum absolute atomic E-state index is 0.0353. The van der Waals surface area contributed by atoms with Crippen LogP contribution in [0.15, 0.2) is 24.4 Å². The summed E-state index contributed by atoms with van der Waals surface area (Å²) in [5.74, 6) is 2.86. The standard InChI is InChI=1S/C19H28N6O3/c1-26-11-10-25-18(14-16-15-27-12-13-28-16)21-22-19(25)24-8-6-23(7-9-24)17-4-2-3-5-20-17/h2-5,16H,6-15H2,1H3. The molecule has 152 valence electrons. The van der Waals surface area contributed by atoms with Gasteiger partial charge in [0, 0.05) is 45.9 Å². The van der Waals surface area contributed by atoms with Crippen molar-refractivity contribution in [3.05, 3.63) is 30.2 Å². The molecule has 0 N–H and O–H groups in total. The van der Waals surface area contributed by atoms with Crippen molar-refractivity contribution in [2.24, 2.45) is 0 Å². The van der Waals surface area contributed by atoms with Crippen molar-refractivity contribution in [2.75, 3.05) is 69.5 Å². The molecule has 2 aliphatic rings. The van der Waals surface area contributed by atoms with Crippen molar-refractivity contribution in [2.45, 2.75) is 19.1 Å². The molecule has 4 rings (SSSR count). The molecule has 2 saturated heterocycles. The molecule has 1 atom stereocenters. The molecule has 0 aliphatic carbocycles. The molecule has 2 aromatic rings. The van der Waals surface area contributed by atoms with Crippen molar-refractivity contribution in [3.63, 3.8) is 0 Å². The highest BCUT2D eigenvalue weighted by molar-refractivity contribution is 5.42. The Morgan fingerprint density at radius 2 is 1.96 bits per heavy atom. The molecule has 0 amide bonds. The fraction of sp³-hybridized carbons (Fsp3) is 0.632. The van der Waals surface area contributed by atoms with Crippen LogP contribution in [0.3, 0.4) is 0 Å². The van der Waals surface area contributed by atoms with Crippen molar-refractivity contribution >= 4 is 11.8 Å². The van der Waals surface area contributed by atoms with Gasteiger partial charge in [-0.25, -0.2) is 4.98 Å². The monoisotopic (exact) mass is 388 g/mol. The maximum atomic E-state index is 5.79. The van der Waals surface area contributed by atoms with Crippen LogP contribution in [-0.2, 0) is 27.2 Å². The number of rotatable bonds is 7. The highest BCUT2D eigenvalue weighted by Crippen LogP contribution is 2.20. The lowest BCUT2D eigenvalue weighted by Gasteiger charge is -2.36. The van der Waals surface area contributed by atoms with Gasteiger partial charge >= 0.3 is 0 Å². The molecule has 9 nitrogen and oxygen atoms in total. The summed E-state index contributed by atoms with van der Waals surface area (Å²) in [5.41, 5.74) is 0. The first kappa shape index (κ1) is 19.1. The molecule has 0 spiro atoms. The Morgan fingerprint density at radius 1 is 1.11 bits per heavy atom. The zero-order chi connectivity index (χ0) is 19.2. The molecule has 0 saturated carbocycles. The third-order valence-corrected chi connectivity index (χ3v) is 5.16. The van der Waals surface area contributed by atoms with E-state index in [2.05, 4.69) is 35.6 Å². The maximum Gasteiger partial charge on any atom is 0.227 e. The Balaban J connectivity index is 1.44. The summed E-state index contributed by atoms with van der Waals surface area (Å²) in [5, 5.41) is 8.98. The van der Waals surface area contributed by atoms with E-state index >= 15 is 0 Å². The number of anilines is 2. The summed E-state index contributed by atoms with van der Waals surface area (Å²) < 4.78 is 18.8. The van der Waals surface area contributed by atoms with Crippen LogP contribution in [-0.4, -0.2) is 85.6 Å². The third-order valence-electron chi connectivity index (χ3n) is 5.16. The molecule has 2 aliphatic heterocycles. The molecule has 0 aromatic carbocycles. The average molecular weight is 388 g/mol. The number of piperazine rings is 1. The topological polar surface area (TPSA) is 77.8 Å². The number of pyridine rings is 1. The van der Waals surface area contributed by atoms with Gasteiger partial charge in [0.2, 0.25) is 5.95 Å². The summed E-state index contributed by atoms with van der Waals surface area (Å²) >= 11 is 0. The molecule has 0 bridgehead atoms. The Labute approximate surface area is 165 Å². The molecule has 0 radical (unpaired) electrons. The first-order valence-electron chi connectivity index (χ1n) is 9.86. The van der Waals surface area contributed by atoms with Crippen LogP contribution in [0.2, 0.25) is 0 Å². The van der Waals surface area contributed by atoms with Gasteiger partial charge in [-0.05, 0) is 12.1 Å². The van der Waals surface area contributed by atoms with Crippen LogP contribution in [0.25, 0.3) is 0 Å². The lowest BCUT2D eigenvalue weighted by atomic mass is 10.2. The zero-order valence-electron chi connectivity index (χ0n) is 16.4. The molecule has 28 heavy (non-hydrogen) atoms. The summed E-state index contributed by atoms with van der Waals surface area (Å²) in [4.78, 5) is 9.06. The van der Waals surface area contributed by atoms with E-state index in [4.69, 9.17) is 14.2 Å². The predicted molar refractivity (Wildman–Crippen MR) is 105 cm³/mol. The van der Waals surface area contributed by atoms with Crippen LogP contribution in [0, 0.1) is 0 Å². The van der Waals surface area contributed by atoms with Gasteiger partial charge in [0.1, 0.15) is 11.6 Å². The lowest BCUT2D eigenvalue weighted by Crippen LogP contribution is -2.47. The van der Waals surface area contributed by atoms with E-state index in [0.29, 0.717) is 32.8 Å². The third kappa shape index (κ3) is 4.43. The van der Waals surface area contributed by atoms with E-state index in [1.54, 1.807) is 7.11 Å². The van der Waals surface area contributed by atoms with Gasteiger partial charge < -0.3 is 24.0 Å². The number of nitrogens with zero attached hydrogens (tertiary/aromatic N) is 6. The summed E-state index contributed by atoms with van der Waals surface area (Å²) in [6.45, 7) is 6.82. The summed E-state index contributed by atoms with van der Waals surface area (Å²) in [6.07, 6.45) is 2.57. The minimum Gasteiger partial charge on any atom is -0.383 e. The van der Waals surface area contributed by atoms with Crippen molar-refractivity contribution < 1.29 is 14.2 Å². The smallest absolute Gasteiger partial charge is 0.227 e. The Hall–Kier alpha value is -2.23. The second-order valence-corrected chi connectivity index (χ2v) is 6.99. The largest absolute Gasteiger partial charge is 0.383 e. The van der Waals surface area contributed by atoms with Crippen LogP contribution < -0.4 is 9.80 Å². The average Bonchev–Trinajstić information content (AvgIpc) is 3.16. The van der Waals surface area contributed by atoms with Crippen LogP contribution in [0.1, 0.15) is 5.82 Å². The van der Waals surface area contributed by atoms with Crippen LogP contribution in [0.4, 0.5) is 11.8 Å². The van der Waals surface area contributed by atoms with Gasteiger partial charge in [-0.15, -0.1) is 10.2 Å². The highest BCUT2D eigenvalue weighted by atomic mass is 16.6. The molecule has 2 fully saturated rings. The van der Waals surface area contributed by atoms with Crippen molar-refractivity contribution in [1.29, 1.82) is 0 Å². The Morgan fingerprint density at radius 3 is 2.68 bits per heavy atom. The normalized spacial score (nSPS) is 20.5. The van der Waals surface area contributed by atoms with Gasteiger partial charge in [-0.3, -0.25) is 4.57 Å². The number of hydrogen-bond acceptors (Lipinski definition) is 8. The minimum atomic E-state index is 0.0353. The van der Waals surface area contributed by atoms with E-state index in [1.165, 1.54) is 0 Å². The van der Waals surface area contributed by atoms with Crippen molar-refractivity contribution in [3.8, 4) is 0 Å². The van der Waals surface area contributed by atoms with Gasteiger partial charge in [0.25, 0.3) is 0 Å². The SMILES string of the molecule is COCCn1c(CC2COCCO2)nnc1N1CCN(c2ccccn2)CC1. The van der Waals surface area contributed by atoms with E-state index < -0.39 is 0 Å². The maximum absolute atomic E-state index is 5.79. The van der Waals surface area contributed by atoms with E-state index in [-0.39, 0.29) is 6.10 Å². The number of aromatic nitrogens is 4. The molecule has 4 heterocycles. The molecule has 9 heteroatoms. The second kappa shape index (κ2) is 9.31. The summed E-state index contributed by atoms with van der Waals surface area (Å²) in [7, 11) is 1.72. The Bertz CT molecular complexity index is 727. The fourth-order valence-electron chi connectivity index (χ4n) is 3.66. The second-order valence-electron chi connectivity index (χ2n) is 6.99. The fourth-order valence-corrected chi connectivity index (χ4v) is 3.66. The predicted octanol–water partition coefficient (Wildman–Crippen LogP) is 0.604. The molecule has 1 unspecified atom stereocenters. The van der Waals surface area contributed by atoms with E-state index in [9.17, 15) is 0 Å². The van der Waals surface area contributed by atoms with Gasteiger partial charge in [-0.1, -0.05) is 6.07 Å². The van der Waals surface area contributed by atoms with Gasteiger partial charge in [0.15, 0.2) is 0 Å². The van der Waals surface area contributed by atoms with Crippen LogP contribution >= 0.6 is 0 Å². The van der Waals surface area contributed by atoms with E-state index in [0.717, 1.165) is 50.3 Å². The first-order chi connectivity index (χ1) is 13.8. The zero-order valence-corrected chi connectivity index (χ0v) is 16.4. The molecular formula is C19H28N6O3. The first-order valence-corrected chi connectivity index (χ1v) is 9.86. The quantitative estimate of drug-likeness (QED) is 0.683. The Kier molecular flexibility index (Phi) is 6.35.